The van der Waals surface area contributed by atoms with Crippen LogP contribution in [0.5, 0.6) is 0 Å². The normalized spacial score (nSPS) is 11.1. The van der Waals surface area contributed by atoms with Gasteiger partial charge in [0.1, 0.15) is 0 Å². The Morgan fingerprint density at radius 2 is 1.40 bits per heavy atom. The molecule has 0 amide bonds. The molecule has 0 heterocycles. The standard InChI is InChI=1S/C9H22O3Si.C6H7N/c1-6-9(7-2,8-3)12-13(10-4)11-5;7-6-4-2-1-3-5-6/h13H,6-8H2,1-5H3;1-5H,7H2. The molecule has 5 heteroatoms. The lowest BCUT2D eigenvalue weighted by molar-refractivity contribution is -0.00490. The van der Waals surface area contributed by atoms with Crippen LogP contribution < -0.4 is 5.73 Å². The third-order valence-electron chi connectivity index (χ3n) is 3.46. The molecule has 0 saturated heterocycles. The quantitative estimate of drug-likeness (QED) is 0.620. The molecule has 0 spiro atoms. The second kappa shape index (κ2) is 10.9. The van der Waals surface area contributed by atoms with Crippen molar-refractivity contribution in [3.05, 3.63) is 30.3 Å². The SMILES string of the molecule is CCC(CC)(CC)O[SiH](OC)OC.Nc1ccccc1. The van der Waals surface area contributed by atoms with Crippen molar-refractivity contribution < 1.29 is 13.3 Å². The molecule has 0 saturated carbocycles. The zero-order valence-electron chi connectivity index (χ0n) is 13.4. The first-order chi connectivity index (χ1) is 9.57. The van der Waals surface area contributed by atoms with Crippen LogP contribution in [0.15, 0.2) is 30.3 Å². The molecule has 0 aliphatic rings. The Labute approximate surface area is 125 Å². The summed E-state index contributed by atoms with van der Waals surface area (Å²) in [6, 6.07) is 9.49. The van der Waals surface area contributed by atoms with E-state index >= 15 is 0 Å². The van der Waals surface area contributed by atoms with Gasteiger partial charge in [-0.15, -0.1) is 0 Å². The van der Waals surface area contributed by atoms with E-state index in [1.165, 1.54) is 0 Å². The summed E-state index contributed by atoms with van der Waals surface area (Å²) in [5.41, 5.74) is 6.14. The van der Waals surface area contributed by atoms with Gasteiger partial charge in [0, 0.05) is 19.9 Å². The van der Waals surface area contributed by atoms with Gasteiger partial charge in [-0.25, -0.2) is 0 Å². The fourth-order valence-corrected chi connectivity index (χ4v) is 3.14. The van der Waals surface area contributed by atoms with Crippen LogP contribution in [-0.2, 0) is 13.3 Å². The molecule has 2 N–H and O–H groups in total. The Morgan fingerprint density at radius 3 is 1.65 bits per heavy atom. The maximum Gasteiger partial charge on any atom is 0.484 e. The van der Waals surface area contributed by atoms with Crippen LogP contribution in [0.2, 0.25) is 0 Å². The Morgan fingerprint density at radius 1 is 0.950 bits per heavy atom. The second-order valence-corrected chi connectivity index (χ2v) is 6.29. The van der Waals surface area contributed by atoms with Crippen molar-refractivity contribution in [1.29, 1.82) is 0 Å². The largest absolute Gasteiger partial charge is 0.484 e. The smallest absolute Gasteiger partial charge is 0.399 e. The zero-order valence-corrected chi connectivity index (χ0v) is 14.5. The summed E-state index contributed by atoms with van der Waals surface area (Å²) in [4.78, 5) is 0. The van der Waals surface area contributed by atoms with Crippen molar-refractivity contribution in [2.75, 3.05) is 20.0 Å². The molecule has 1 aromatic rings. The van der Waals surface area contributed by atoms with E-state index in [-0.39, 0.29) is 5.60 Å². The van der Waals surface area contributed by atoms with Crippen molar-refractivity contribution in [2.24, 2.45) is 0 Å². The predicted molar refractivity (Wildman–Crippen MR) is 86.7 cm³/mol. The van der Waals surface area contributed by atoms with Crippen molar-refractivity contribution in [1.82, 2.24) is 0 Å². The lowest BCUT2D eigenvalue weighted by atomic mass is 9.95. The second-order valence-electron chi connectivity index (χ2n) is 4.53. The number of hydrogen-bond donors (Lipinski definition) is 1. The number of para-hydroxylation sites is 1. The lowest BCUT2D eigenvalue weighted by Crippen LogP contribution is -2.39. The van der Waals surface area contributed by atoms with E-state index in [1.807, 2.05) is 30.3 Å². The summed E-state index contributed by atoms with van der Waals surface area (Å²) in [5, 5.41) is 0. The maximum absolute atomic E-state index is 5.88. The van der Waals surface area contributed by atoms with E-state index in [0.717, 1.165) is 24.9 Å². The van der Waals surface area contributed by atoms with Gasteiger partial charge in [-0.3, -0.25) is 0 Å². The van der Waals surface area contributed by atoms with Gasteiger partial charge in [0.15, 0.2) is 0 Å². The Kier molecular flexibility index (Phi) is 10.4. The van der Waals surface area contributed by atoms with Crippen LogP contribution in [0.1, 0.15) is 40.0 Å². The average Bonchev–Trinajstić information content (AvgIpc) is 2.51. The molecule has 20 heavy (non-hydrogen) atoms. The number of hydrogen-bond acceptors (Lipinski definition) is 4. The van der Waals surface area contributed by atoms with Crippen LogP contribution in [0, 0.1) is 0 Å². The van der Waals surface area contributed by atoms with Gasteiger partial charge in [-0.05, 0) is 31.4 Å². The van der Waals surface area contributed by atoms with Crippen molar-refractivity contribution >= 4 is 15.2 Å². The molecule has 0 aliphatic carbocycles. The highest BCUT2D eigenvalue weighted by molar-refractivity contribution is 6.36. The minimum absolute atomic E-state index is 0.0388. The minimum atomic E-state index is -1.87. The fourth-order valence-electron chi connectivity index (χ4n) is 1.85. The summed E-state index contributed by atoms with van der Waals surface area (Å²) >= 11 is 0. The van der Waals surface area contributed by atoms with E-state index < -0.39 is 9.53 Å². The van der Waals surface area contributed by atoms with Gasteiger partial charge < -0.3 is 19.0 Å². The van der Waals surface area contributed by atoms with E-state index in [4.69, 9.17) is 19.0 Å². The molecule has 0 bridgehead atoms. The zero-order chi connectivity index (χ0) is 15.4. The molecule has 116 valence electrons. The summed E-state index contributed by atoms with van der Waals surface area (Å²) < 4.78 is 16.2. The van der Waals surface area contributed by atoms with E-state index in [9.17, 15) is 0 Å². The summed E-state index contributed by atoms with van der Waals surface area (Å²) in [6.45, 7) is 6.43. The van der Waals surface area contributed by atoms with Crippen molar-refractivity contribution in [2.45, 2.75) is 45.6 Å². The van der Waals surface area contributed by atoms with Crippen LogP contribution >= 0.6 is 0 Å². The molecule has 1 aromatic carbocycles. The summed E-state index contributed by atoms with van der Waals surface area (Å²) in [6.07, 6.45) is 3.03. The number of benzene rings is 1. The molecular weight excluding hydrogens is 270 g/mol. The van der Waals surface area contributed by atoms with E-state index in [2.05, 4.69) is 20.8 Å². The molecule has 4 nitrogen and oxygen atoms in total. The third-order valence-corrected chi connectivity index (χ3v) is 4.93. The molecule has 0 unspecified atom stereocenters. The fraction of sp³-hybridized carbons (Fsp3) is 0.600. The molecular formula is C15H29NO3Si. The number of nitrogens with two attached hydrogens (primary N) is 1. The van der Waals surface area contributed by atoms with Gasteiger partial charge in [-0.1, -0.05) is 39.0 Å². The minimum Gasteiger partial charge on any atom is -0.399 e. The van der Waals surface area contributed by atoms with Crippen LogP contribution in [0.3, 0.4) is 0 Å². The molecule has 0 radical (unpaired) electrons. The summed E-state index contributed by atoms with van der Waals surface area (Å²) in [5.74, 6) is 0. The Balaban J connectivity index is 0.000000428. The van der Waals surface area contributed by atoms with E-state index in [0.29, 0.717) is 0 Å². The Hall–Kier alpha value is -0.883. The average molecular weight is 299 g/mol. The van der Waals surface area contributed by atoms with E-state index in [1.54, 1.807) is 14.2 Å². The monoisotopic (exact) mass is 299 g/mol. The van der Waals surface area contributed by atoms with Gasteiger partial charge in [0.05, 0.1) is 5.60 Å². The highest BCUT2D eigenvalue weighted by Crippen LogP contribution is 2.25. The molecule has 0 atom stereocenters. The first-order valence-electron chi connectivity index (χ1n) is 7.11. The summed E-state index contributed by atoms with van der Waals surface area (Å²) in [7, 11) is 1.42. The van der Waals surface area contributed by atoms with Gasteiger partial charge in [-0.2, -0.15) is 0 Å². The van der Waals surface area contributed by atoms with Crippen LogP contribution in [0.4, 0.5) is 5.69 Å². The number of anilines is 1. The van der Waals surface area contributed by atoms with Crippen molar-refractivity contribution in [3.63, 3.8) is 0 Å². The first kappa shape index (κ1) is 19.1. The molecule has 0 fully saturated rings. The topological polar surface area (TPSA) is 53.7 Å². The highest BCUT2D eigenvalue weighted by Gasteiger charge is 2.30. The van der Waals surface area contributed by atoms with Gasteiger partial charge >= 0.3 is 9.53 Å². The van der Waals surface area contributed by atoms with Crippen LogP contribution in [-0.4, -0.2) is 29.3 Å². The molecule has 0 aliphatic heterocycles. The van der Waals surface area contributed by atoms with Crippen LogP contribution in [0.25, 0.3) is 0 Å². The number of nitrogen functional groups attached to an aromatic ring is 1. The number of rotatable bonds is 7. The molecule has 0 aromatic heterocycles. The Bertz CT molecular complexity index is 319. The van der Waals surface area contributed by atoms with Gasteiger partial charge in [0.2, 0.25) is 0 Å². The lowest BCUT2D eigenvalue weighted by Gasteiger charge is -2.33. The van der Waals surface area contributed by atoms with Gasteiger partial charge in [0.25, 0.3) is 0 Å². The van der Waals surface area contributed by atoms with Crippen molar-refractivity contribution in [3.8, 4) is 0 Å². The third kappa shape index (κ3) is 7.05. The predicted octanol–water partition coefficient (Wildman–Crippen LogP) is 3.25. The molecule has 1 rings (SSSR count). The maximum atomic E-state index is 5.88. The highest BCUT2D eigenvalue weighted by atomic mass is 28.3. The first-order valence-corrected chi connectivity index (χ1v) is 8.52.